The number of amides is 1. The van der Waals surface area contributed by atoms with Crippen molar-refractivity contribution >= 4 is 5.91 Å². The minimum Gasteiger partial charge on any atom is -0.391 e. The van der Waals surface area contributed by atoms with Crippen molar-refractivity contribution < 1.29 is 14.6 Å². The minimum atomic E-state index is -0.368. The van der Waals surface area contributed by atoms with E-state index in [9.17, 15) is 9.90 Å². The van der Waals surface area contributed by atoms with Crippen LogP contribution in [0.1, 0.15) is 46.5 Å². The van der Waals surface area contributed by atoms with Gasteiger partial charge in [-0.25, -0.2) is 0 Å². The standard InChI is InChI=1S/C15H27NO3/c1-9-10(2)19-11(3)14(9)15(18)16(4)12-7-5-6-8-13(12)17/h9-14,17H,5-8H2,1-4H3. The van der Waals surface area contributed by atoms with Crippen LogP contribution in [0.25, 0.3) is 0 Å². The van der Waals surface area contributed by atoms with Crippen LogP contribution >= 0.6 is 0 Å². The van der Waals surface area contributed by atoms with Crippen LogP contribution in [0.15, 0.2) is 0 Å². The summed E-state index contributed by atoms with van der Waals surface area (Å²) in [5.41, 5.74) is 0. The van der Waals surface area contributed by atoms with Gasteiger partial charge in [-0.1, -0.05) is 19.8 Å². The lowest BCUT2D eigenvalue weighted by molar-refractivity contribution is -0.142. The summed E-state index contributed by atoms with van der Waals surface area (Å²) in [4.78, 5) is 14.5. The van der Waals surface area contributed by atoms with Crippen LogP contribution in [-0.2, 0) is 9.53 Å². The number of hydrogen-bond acceptors (Lipinski definition) is 3. The van der Waals surface area contributed by atoms with Crippen LogP contribution in [0.5, 0.6) is 0 Å². The largest absolute Gasteiger partial charge is 0.391 e. The first-order valence-electron chi connectivity index (χ1n) is 7.53. The lowest BCUT2D eigenvalue weighted by Crippen LogP contribution is -2.50. The first-order chi connectivity index (χ1) is 8.93. The maximum atomic E-state index is 12.7. The van der Waals surface area contributed by atoms with Gasteiger partial charge in [0, 0.05) is 7.05 Å². The summed E-state index contributed by atoms with van der Waals surface area (Å²) in [5.74, 6) is 0.301. The monoisotopic (exact) mass is 269 g/mol. The molecule has 0 radical (unpaired) electrons. The molecule has 1 amide bonds. The molecule has 1 saturated carbocycles. The fourth-order valence-electron chi connectivity index (χ4n) is 3.63. The highest BCUT2D eigenvalue weighted by molar-refractivity contribution is 5.80. The van der Waals surface area contributed by atoms with Crippen LogP contribution in [0.2, 0.25) is 0 Å². The van der Waals surface area contributed by atoms with Gasteiger partial charge in [0.1, 0.15) is 0 Å². The molecule has 19 heavy (non-hydrogen) atoms. The maximum absolute atomic E-state index is 12.7. The Balaban J connectivity index is 2.06. The first-order valence-corrected chi connectivity index (χ1v) is 7.53. The van der Waals surface area contributed by atoms with E-state index in [1.54, 1.807) is 4.90 Å². The molecule has 4 nitrogen and oxygen atoms in total. The van der Waals surface area contributed by atoms with E-state index in [-0.39, 0.29) is 42.1 Å². The third-order valence-electron chi connectivity index (χ3n) is 5.07. The summed E-state index contributed by atoms with van der Waals surface area (Å²) in [6.45, 7) is 6.10. The van der Waals surface area contributed by atoms with Gasteiger partial charge in [-0.05, 0) is 32.6 Å². The van der Waals surface area contributed by atoms with Crippen molar-refractivity contribution in [3.8, 4) is 0 Å². The first kappa shape index (κ1) is 14.8. The number of rotatable bonds is 2. The van der Waals surface area contributed by atoms with Gasteiger partial charge in [0.25, 0.3) is 0 Å². The summed E-state index contributed by atoms with van der Waals surface area (Å²) >= 11 is 0. The predicted octanol–water partition coefficient (Wildman–Crippen LogP) is 1.81. The Hall–Kier alpha value is -0.610. The number of carbonyl (C=O) groups is 1. The van der Waals surface area contributed by atoms with Crippen molar-refractivity contribution in [3.63, 3.8) is 0 Å². The van der Waals surface area contributed by atoms with E-state index in [1.807, 2.05) is 20.9 Å². The van der Waals surface area contributed by atoms with E-state index in [0.29, 0.717) is 0 Å². The molecule has 110 valence electrons. The normalized spacial score (nSPS) is 43.2. The van der Waals surface area contributed by atoms with E-state index in [0.717, 1.165) is 25.7 Å². The smallest absolute Gasteiger partial charge is 0.228 e. The van der Waals surface area contributed by atoms with Crippen molar-refractivity contribution in [1.82, 2.24) is 4.90 Å². The third-order valence-corrected chi connectivity index (χ3v) is 5.07. The van der Waals surface area contributed by atoms with E-state index in [4.69, 9.17) is 4.74 Å². The second-order valence-corrected chi connectivity index (χ2v) is 6.30. The number of ether oxygens (including phenoxy) is 1. The van der Waals surface area contributed by atoms with Gasteiger partial charge in [0.2, 0.25) is 5.91 Å². The van der Waals surface area contributed by atoms with Gasteiger partial charge < -0.3 is 14.7 Å². The van der Waals surface area contributed by atoms with Gasteiger partial charge in [-0.15, -0.1) is 0 Å². The highest BCUT2D eigenvalue weighted by Gasteiger charge is 2.44. The molecule has 1 saturated heterocycles. The molecule has 0 bridgehead atoms. The Morgan fingerprint density at radius 3 is 2.32 bits per heavy atom. The summed E-state index contributed by atoms with van der Waals surface area (Å²) in [6.07, 6.45) is 3.63. The van der Waals surface area contributed by atoms with Crippen molar-refractivity contribution in [2.45, 2.75) is 70.8 Å². The summed E-state index contributed by atoms with van der Waals surface area (Å²) in [7, 11) is 1.84. The number of hydrogen-bond donors (Lipinski definition) is 1. The fourth-order valence-corrected chi connectivity index (χ4v) is 3.63. The maximum Gasteiger partial charge on any atom is 0.228 e. The van der Waals surface area contributed by atoms with Crippen molar-refractivity contribution in [2.75, 3.05) is 7.05 Å². The molecular formula is C15H27NO3. The summed E-state index contributed by atoms with van der Waals surface area (Å²) in [6, 6.07) is -0.0171. The minimum absolute atomic E-state index is 0.0171. The average Bonchev–Trinajstić information content (AvgIpc) is 2.62. The molecule has 1 heterocycles. The molecule has 2 rings (SSSR count). The second kappa shape index (κ2) is 5.80. The molecule has 1 aliphatic heterocycles. The Bertz CT molecular complexity index is 333. The van der Waals surface area contributed by atoms with Gasteiger partial charge in [-0.3, -0.25) is 4.79 Å². The Morgan fingerprint density at radius 1 is 1.16 bits per heavy atom. The Kier molecular flexibility index (Phi) is 4.51. The molecule has 6 atom stereocenters. The van der Waals surface area contributed by atoms with Crippen LogP contribution in [0.4, 0.5) is 0 Å². The number of carbonyl (C=O) groups excluding carboxylic acids is 1. The Labute approximate surface area is 116 Å². The van der Waals surface area contributed by atoms with E-state index < -0.39 is 0 Å². The zero-order valence-corrected chi connectivity index (χ0v) is 12.5. The molecule has 2 fully saturated rings. The molecule has 1 N–H and O–H groups in total. The molecule has 0 aromatic carbocycles. The number of nitrogens with zero attached hydrogens (tertiary/aromatic N) is 1. The molecule has 1 aliphatic carbocycles. The van der Waals surface area contributed by atoms with Crippen molar-refractivity contribution in [1.29, 1.82) is 0 Å². The average molecular weight is 269 g/mol. The number of aliphatic hydroxyl groups is 1. The second-order valence-electron chi connectivity index (χ2n) is 6.30. The number of likely N-dealkylation sites (N-methyl/N-ethyl adjacent to an activating group) is 1. The van der Waals surface area contributed by atoms with E-state index >= 15 is 0 Å². The van der Waals surface area contributed by atoms with Gasteiger partial charge in [0.15, 0.2) is 0 Å². The van der Waals surface area contributed by atoms with E-state index in [1.165, 1.54) is 0 Å². The lowest BCUT2D eigenvalue weighted by Gasteiger charge is -2.37. The Morgan fingerprint density at radius 2 is 1.79 bits per heavy atom. The highest BCUT2D eigenvalue weighted by Crippen LogP contribution is 2.34. The third kappa shape index (κ3) is 2.79. The zero-order chi connectivity index (χ0) is 14.2. The van der Waals surface area contributed by atoms with Crippen molar-refractivity contribution in [3.05, 3.63) is 0 Å². The van der Waals surface area contributed by atoms with E-state index in [2.05, 4.69) is 6.92 Å². The van der Waals surface area contributed by atoms with Crippen LogP contribution in [-0.4, -0.2) is 47.3 Å². The molecular weight excluding hydrogens is 242 g/mol. The molecule has 0 spiro atoms. The molecule has 6 unspecified atom stereocenters. The van der Waals surface area contributed by atoms with Gasteiger partial charge in [0.05, 0.1) is 30.3 Å². The van der Waals surface area contributed by atoms with Crippen LogP contribution in [0, 0.1) is 11.8 Å². The SMILES string of the molecule is CC1OC(C)C(C(=O)N(C)C2CCCCC2O)C1C. The fraction of sp³-hybridized carbons (Fsp3) is 0.933. The lowest BCUT2D eigenvalue weighted by atomic mass is 9.86. The highest BCUT2D eigenvalue weighted by atomic mass is 16.5. The van der Waals surface area contributed by atoms with Crippen molar-refractivity contribution in [2.24, 2.45) is 11.8 Å². The summed E-state index contributed by atoms with van der Waals surface area (Å²) < 4.78 is 5.76. The van der Waals surface area contributed by atoms with Crippen LogP contribution in [0.3, 0.4) is 0 Å². The molecule has 4 heteroatoms. The quantitative estimate of drug-likeness (QED) is 0.831. The van der Waals surface area contributed by atoms with Crippen LogP contribution < -0.4 is 0 Å². The van der Waals surface area contributed by atoms with Gasteiger partial charge in [-0.2, -0.15) is 0 Å². The zero-order valence-electron chi connectivity index (χ0n) is 12.5. The predicted molar refractivity (Wildman–Crippen MR) is 73.7 cm³/mol. The molecule has 0 aromatic rings. The molecule has 0 aromatic heterocycles. The summed E-state index contributed by atoms with van der Waals surface area (Å²) in [5, 5.41) is 10.1. The topological polar surface area (TPSA) is 49.8 Å². The number of aliphatic hydroxyl groups excluding tert-OH is 1. The molecule has 2 aliphatic rings. The van der Waals surface area contributed by atoms with Gasteiger partial charge >= 0.3 is 0 Å².